The minimum Gasteiger partial charge on any atom is -0.367 e. The molecule has 2 aliphatic rings. The molecule has 1 saturated heterocycles. The predicted molar refractivity (Wildman–Crippen MR) is 83.3 cm³/mol. The van der Waals surface area contributed by atoms with E-state index >= 15 is 0 Å². The molecule has 0 bridgehead atoms. The van der Waals surface area contributed by atoms with Crippen LogP contribution in [0.5, 0.6) is 0 Å². The highest BCUT2D eigenvalue weighted by molar-refractivity contribution is 6.33. The summed E-state index contributed by atoms with van der Waals surface area (Å²) in [6.45, 7) is 1.15. The standard InChI is InChI=1S/C16H21Cl2N/c17-11-12-7-8-16(14(18)10-12)19-9-3-5-13-4-1-2-6-15(13)19/h7-8,10,13,15H,1-6,9,11H2. The van der Waals surface area contributed by atoms with Crippen LogP contribution in [0.2, 0.25) is 5.02 Å². The first-order valence-electron chi connectivity index (χ1n) is 7.40. The number of hydrogen-bond acceptors (Lipinski definition) is 1. The SMILES string of the molecule is ClCc1ccc(N2CCCC3CCCCC32)c(Cl)c1. The van der Waals surface area contributed by atoms with E-state index in [0.29, 0.717) is 11.9 Å². The van der Waals surface area contributed by atoms with Crippen LogP contribution in [0.15, 0.2) is 18.2 Å². The van der Waals surface area contributed by atoms with E-state index in [2.05, 4.69) is 17.0 Å². The molecule has 104 valence electrons. The van der Waals surface area contributed by atoms with Gasteiger partial charge >= 0.3 is 0 Å². The Balaban J connectivity index is 1.87. The summed E-state index contributed by atoms with van der Waals surface area (Å²) >= 11 is 12.3. The quantitative estimate of drug-likeness (QED) is 0.675. The Hall–Kier alpha value is -0.400. The van der Waals surface area contributed by atoms with Crippen molar-refractivity contribution >= 4 is 28.9 Å². The Morgan fingerprint density at radius 2 is 1.89 bits per heavy atom. The molecule has 2 unspecified atom stereocenters. The van der Waals surface area contributed by atoms with Crippen LogP contribution in [0.4, 0.5) is 5.69 Å². The molecule has 3 heteroatoms. The van der Waals surface area contributed by atoms with E-state index in [0.717, 1.165) is 23.0 Å². The molecule has 19 heavy (non-hydrogen) atoms. The summed E-state index contributed by atoms with van der Waals surface area (Å²) in [6, 6.07) is 7.01. The van der Waals surface area contributed by atoms with E-state index in [4.69, 9.17) is 23.2 Å². The lowest BCUT2D eigenvalue weighted by Gasteiger charge is -2.45. The topological polar surface area (TPSA) is 3.24 Å². The highest BCUT2D eigenvalue weighted by Crippen LogP contribution is 2.40. The van der Waals surface area contributed by atoms with E-state index < -0.39 is 0 Å². The van der Waals surface area contributed by atoms with Gasteiger partial charge in [-0.1, -0.05) is 30.5 Å². The van der Waals surface area contributed by atoms with Crippen LogP contribution in [0.1, 0.15) is 44.1 Å². The van der Waals surface area contributed by atoms with E-state index in [9.17, 15) is 0 Å². The van der Waals surface area contributed by atoms with Gasteiger partial charge < -0.3 is 4.90 Å². The average molecular weight is 298 g/mol. The van der Waals surface area contributed by atoms with Crippen LogP contribution >= 0.6 is 23.2 Å². The van der Waals surface area contributed by atoms with E-state index in [1.165, 1.54) is 44.2 Å². The average Bonchev–Trinajstić information content (AvgIpc) is 2.46. The minimum absolute atomic E-state index is 0.534. The van der Waals surface area contributed by atoms with Gasteiger partial charge in [0.25, 0.3) is 0 Å². The maximum Gasteiger partial charge on any atom is 0.0642 e. The summed E-state index contributed by atoms with van der Waals surface area (Å²) in [4.78, 5) is 2.56. The maximum atomic E-state index is 6.47. The monoisotopic (exact) mass is 297 g/mol. The third-order valence-electron chi connectivity index (χ3n) is 4.72. The lowest BCUT2D eigenvalue weighted by molar-refractivity contribution is 0.244. The van der Waals surface area contributed by atoms with Gasteiger partial charge in [0, 0.05) is 18.5 Å². The Kier molecular flexibility index (Phi) is 4.24. The van der Waals surface area contributed by atoms with Gasteiger partial charge in [0.1, 0.15) is 0 Å². The number of halogens is 2. The van der Waals surface area contributed by atoms with Crippen LogP contribution in [-0.2, 0) is 5.88 Å². The molecule has 0 amide bonds. The molecule has 0 radical (unpaired) electrons. The zero-order chi connectivity index (χ0) is 13.2. The third-order valence-corrected chi connectivity index (χ3v) is 5.33. The van der Waals surface area contributed by atoms with Gasteiger partial charge in [0.2, 0.25) is 0 Å². The van der Waals surface area contributed by atoms with Gasteiger partial charge in [-0.3, -0.25) is 0 Å². The van der Waals surface area contributed by atoms with Crippen molar-refractivity contribution < 1.29 is 0 Å². The number of rotatable bonds is 2. The van der Waals surface area contributed by atoms with Crippen LogP contribution in [0.3, 0.4) is 0 Å². The predicted octanol–water partition coefficient (Wildman–Crippen LogP) is 5.24. The highest BCUT2D eigenvalue weighted by atomic mass is 35.5. The highest BCUT2D eigenvalue weighted by Gasteiger charge is 2.33. The minimum atomic E-state index is 0.534. The lowest BCUT2D eigenvalue weighted by Crippen LogP contribution is -2.47. The zero-order valence-corrected chi connectivity index (χ0v) is 12.8. The Morgan fingerprint density at radius 1 is 1.11 bits per heavy atom. The molecule has 0 aromatic heterocycles. The molecule has 1 aromatic rings. The number of benzene rings is 1. The van der Waals surface area contributed by atoms with Crippen molar-refractivity contribution in [1.29, 1.82) is 0 Å². The normalized spacial score (nSPS) is 27.2. The first kappa shape index (κ1) is 13.6. The van der Waals surface area contributed by atoms with Gasteiger partial charge in [-0.05, 0) is 49.3 Å². The lowest BCUT2D eigenvalue weighted by atomic mass is 9.78. The molecular formula is C16H21Cl2N. The second kappa shape index (κ2) is 5.93. The van der Waals surface area contributed by atoms with Crippen molar-refractivity contribution in [3.63, 3.8) is 0 Å². The van der Waals surface area contributed by atoms with E-state index in [1.54, 1.807) is 0 Å². The smallest absolute Gasteiger partial charge is 0.0642 e. The van der Waals surface area contributed by atoms with Gasteiger partial charge in [0.05, 0.1) is 10.7 Å². The summed E-state index contributed by atoms with van der Waals surface area (Å²) in [5.74, 6) is 1.41. The van der Waals surface area contributed by atoms with E-state index in [1.807, 2.05) is 6.07 Å². The molecule has 0 spiro atoms. The number of hydrogen-bond donors (Lipinski definition) is 0. The Bertz CT molecular complexity index is 444. The molecule has 0 N–H and O–H groups in total. The molecule has 2 fully saturated rings. The molecule has 1 aromatic carbocycles. The van der Waals surface area contributed by atoms with Crippen LogP contribution in [0, 0.1) is 5.92 Å². The molecule has 1 saturated carbocycles. The van der Waals surface area contributed by atoms with Gasteiger partial charge in [0.15, 0.2) is 0 Å². The molecule has 1 aliphatic carbocycles. The summed E-state index contributed by atoms with van der Waals surface area (Å²) < 4.78 is 0. The van der Waals surface area contributed by atoms with Crippen molar-refractivity contribution in [1.82, 2.24) is 0 Å². The fourth-order valence-electron chi connectivity index (χ4n) is 3.79. The maximum absolute atomic E-state index is 6.47. The molecule has 1 heterocycles. The summed E-state index contributed by atoms with van der Waals surface area (Å²) in [5.41, 5.74) is 2.32. The van der Waals surface area contributed by atoms with Crippen molar-refractivity contribution in [2.24, 2.45) is 5.92 Å². The molecule has 3 rings (SSSR count). The van der Waals surface area contributed by atoms with Crippen molar-refractivity contribution in [2.75, 3.05) is 11.4 Å². The fraction of sp³-hybridized carbons (Fsp3) is 0.625. The first-order chi connectivity index (χ1) is 9.29. The summed E-state index contributed by atoms with van der Waals surface area (Å²) in [7, 11) is 0. The van der Waals surface area contributed by atoms with E-state index in [-0.39, 0.29) is 0 Å². The summed E-state index contributed by atoms with van der Waals surface area (Å²) in [6.07, 6.45) is 8.22. The largest absolute Gasteiger partial charge is 0.367 e. The van der Waals surface area contributed by atoms with Crippen molar-refractivity contribution in [3.8, 4) is 0 Å². The Morgan fingerprint density at radius 3 is 2.68 bits per heavy atom. The van der Waals surface area contributed by atoms with Gasteiger partial charge in [-0.2, -0.15) is 0 Å². The Labute approximate surface area is 125 Å². The van der Waals surface area contributed by atoms with Crippen molar-refractivity contribution in [3.05, 3.63) is 28.8 Å². The van der Waals surface area contributed by atoms with Crippen LogP contribution in [0.25, 0.3) is 0 Å². The molecule has 1 nitrogen and oxygen atoms in total. The number of alkyl halides is 1. The fourth-order valence-corrected chi connectivity index (χ4v) is 4.27. The molecule has 1 aliphatic heterocycles. The third kappa shape index (κ3) is 2.73. The molecule has 2 atom stereocenters. The van der Waals surface area contributed by atoms with Crippen LogP contribution < -0.4 is 4.90 Å². The number of nitrogens with zero attached hydrogens (tertiary/aromatic N) is 1. The second-order valence-electron chi connectivity index (χ2n) is 5.87. The number of anilines is 1. The van der Waals surface area contributed by atoms with Gasteiger partial charge in [-0.25, -0.2) is 0 Å². The van der Waals surface area contributed by atoms with Gasteiger partial charge in [-0.15, -0.1) is 11.6 Å². The first-order valence-corrected chi connectivity index (χ1v) is 8.32. The summed E-state index contributed by atoms with van der Waals surface area (Å²) in [5, 5.41) is 0.865. The second-order valence-corrected chi connectivity index (χ2v) is 6.54. The number of piperidine rings is 1. The van der Waals surface area contributed by atoms with Crippen molar-refractivity contribution in [2.45, 2.75) is 50.4 Å². The molecular weight excluding hydrogens is 277 g/mol. The number of fused-ring (bicyclic) bond motifs is 1. The zero-order valence-electron chi connectivity index (χ0n) is 11.2. The van der Waals surface area contributed by atoms with Crippen LogP contribution in [-0.4, -0.2) is 12.6 Å².